The summed E-state index contributed by atoms with van der Waals surface area (Å²) in [6.45, 7) is 0.436. The van der Waals surface area contributed by atoms with Crippen molar-refractivity contribution in [3.63, 3.8) is 0 Å². The molecule has 0 unspecified atom stereocenters. The van der Waals surface area contributed by atoms with E-state index in [1.165, 1.54) is 12.1 Å². The van der Waals surface area contributed by atoms with Crippen molar-refractivity contribution < 1.29 is 23.1 Å². The maximum absolute atomic E-state index is 12.4. The first-order valence-corrected chi connectivity index (χ1v) is 10.5. The molecule has 2 saturated carbocycles. The Balaban J connectivity index is 1.60. The molecule has 1 amide bonds. The topological polar surface area (TPSA) is 113 Å². The molecule has 2 fully saturated rings. The third-order valence-corrected chi connectivity index (χ3v) is 6.50. The molecule has 26 heavy (non-hydrogen) atoms. The molecule has 0 heterocycles. The van der Waals surface area contributed by atoms with Crippen molar-refractivity contribution in [2.45, 2.75) is 49.5 Å². The van der Waals surface area contributed by atoms with Crippen LogP contribution in [0.5, 0.6) is 0 Å². The van der Waals surface area contributed by atoms with E-state index in [-0.39, 0.29) is 22.8 Å². The fourth-order valence-corrected chi connectivity index (χ4v) is 4.35. The Morgan fingerprint density at radius 3 is 2.38 bits per heavy atom. The summed E-state index contributed by atoms with van der Waals surface area (Å²) in [4.78, 5) is 23.5. The zero-order chi connectivity index (χ0) is 18.7. The predicted octanol–water partition coefficient (Wildman–Crippen LogP) is 1.75. The van der Waals surface area contributed by atoms with Crippen LogP contribution in [0.25, 0.3) is 0 Å². The highest BCUT2D eigenvalue weighted by molar-refractivity contribution is 7.89. The minimum Gasteiger partial charge on any atom is -0.481 e. The maximum atomic E-state index is 12.4. The highest BCUT2D eigenvalue weighted by Gasteiger charge is 2.27. The fraction of sp³-hybridized carbons (Fsp3) is 0.556. The molecule has 0 radical (unpaired) electrons. The highest BCUT2D eigenvalue weighted by atomic mass is 32.2. The summed E-state index contributed by atoms with van der Waals surface area (Å²) in [6.07, 6.45) is 4.41. The van der Waals surface area contributed by atoms with E-state index in [9.17, 15) is 18.0 Å². The standard InChI is InChI=1S/C18H24N2O5S/c21-17(20-15-8-6-13(7-9-15)18(22)23)14-2-1-3-16(10-14)26(24,25)19-11-12-4-5-12/h1-3,10,12-13,15,19H,4-9,11H2,(H,20,21)(H,22,23). The van der Waals surface area contributed by atoms with Gasteiger partial charge in [0.05, 0.1) is 10.8 Å². The molecule has 0 spiro atoms. The van der Waals surface area contributed by atoms with Gasteiger partial charge in [0.25, 0.3) is 5.91 Å². The van der Waals surface area contributed by atoms with Crippen molar-refractivity contribution in [1.29, 1.82) is 0 Å². The van der Waals surface area contributed by atoms with Crippen LogP contribution in [-0.2, 0) is 14.8 Å². The van der Waals surface area contributed by atoms with Gasteiger partial charge in [0.15, 0.2) is 0 Å². The average molecular weight is 380 g/mol. The Morgan fingerprint density at radius 1 is 1.08 bits per heavy atom. The monoisotopic (exact) mass is 380 g/mol. The van der Waals surface area contributed by atoms with Crippen LogP contribution >= 0.6 is 0 Å². The SMILES string of the molecule is O=C(NC1CCC(C(=O)O)CC1)c1cccc(S(=O)(=O)NCC2CC2)c1. The minimum atomic E-state index is -3.62. The molecule has 0 atom stereocenters. The van der Waals surface area contributed by atoms with Crippen molar-refractivity contribution in [1.82, 2.24) is 10.0 Å². The normalized spacial score (nSPS) is 23.4. The Hall–Kier alpha value is -1.93. The molecular formula is C18H24N2O5S. The number of carboxylic acids is 1. The first-order valence-electron chi connectivity index (χ1n) is 8.98. The maximum Gasteiger partial charge on any atom is 0.306 e. The third kappa shape index (κ3) is 4.82. The largest absolute Gasteiger partial charge is 0.481 e. The molecule has 0 aromatic heterocycles. The summed E-state index contributed by atoms with van der Waals surface area (Å²) in [5.74, 6) is -1.03. The van der Waals surface area contributed by atoms with Crippen LogP contribution in [-0.4, -0.2) is 38.0 Å². The molecule has 0 bridgehead atoms. The summed E-state index contributed by atoms with van der Waals surface area (Å²) < 4.78 is 27.2. The molecule has 2 aliphatic rings. The van der Waals surface area contributed by atoms with E-state index in [0.29, 0.717) is 43.7 Å². The Kier molecular flexibility index (Phi) is 5.62. The Labute approximate surface area is 153 Å². The van der Waals surface area contributed by atoms with Gasteiger partial charge in [-0.3, -0.25) is 9.59 Å². The fourth-order valence-electron chi connectivity index (χ4n) is 3.19. The molecule has 8 heteroatoms. The lowest BCUT2D eigenvalue weighted by Gasteiger charge is -2.26. The zero-order valence-corrected chi connectivity index (χ0v) is 15.3. The van der Waals surface area contributed by atoms with Gasteiger partial charge in [-0.15, -0.1) is 0 Å². The van der Waals surface area contributed by atoms with Gasteiger partial charge >= 0.3 is 5.97 Å². The summed E-state index contributed by atoms with van der Waals surface area (Å²) in [5, 5.41) is 11.9. The molecule has 0 aliphatic heterocycles. The number of benzene rings is 1. The summed E-state index contributed by atoms with van der Waals surface area (Å²) >= 11 is 0. The number of rotatable bonds is 7. The molecular weight excluding hydrogens is 356 g/mol. The number of hydrogen-bond acceptors (Lipinski definition) is 4. The number of aliphatic carboxylic acids is 1. The molecule has 3 rings (SSSR count). The first kappa shape index (κ1) is 18.8. The van der Waals surface area contributed by atoms with Gasteiger partial charge in [0.2, 0.25) is 10.0 Å². The lowest BCUT2D eigenvalue weighted by molar-refractivity contribution is -0.142. The molecule has 1 aromatic carbocycles. The van der Waals surface area contributed by atoms with E-state index >= 15 is 0 Å². The molecule has 2 aliphatic carbocycles. The van der Waals surface area contributed by atoms with Crippen LogP contribution in [0.2, 0.25) is 0 Å². The van der Waals surface area contributed by atoms with Gasteiger partial charge in [0.1, 0.15) is 0 Å². The predicted molar refractivity (Wildman–Crippen MR) is 95.2 cm³/mol. The number of carbonyl (C=O) groups is 2. The van der Waals surface area contributed by atoms with Crippen LogP contribution in [0.15, 0.2) is 29.2 Å². The number of hydrogen-bond donors (Lipinski definition) is 3. The van der Waals surface area contributed by atoms with Crippen molar-refractivity contribution in [3.8, 4) is 0 Å². The van der Waals surface area contributed by atoms with Crippen molar-refractivity contribution in [2.24, 2.45) is 11.8 Å². The second-order valence-electron chi connectivity index (χ2n) is 7.18. The first-order chi connectivity index (χ1) is 12.3. The molecule has 3 N–H and O–H groups in total. The second-order valence-corrected chi connectivity index (χ2v) is 8.95. The number of carboxylic acid groups (broad SMARTS) is 1. The van der Waals surface area contributed by atoms with Crippen molar-refractivity contribution in [3.05, 3.63) is 29.8 Å². The zero-order valence-electron chi connectivity index (χ0n) is 14.5. The van der Waals surface area contributed by atoms with E-state index in [1.807, 2.05) is 0 Å². The molecule has 1 aromatic rings. The Morgan fingerprint density at radius 2 is 1.77 bits per heavy atom. The van der Waals surface area contributed by atoms with Gasteiger partial charge in [-0.2, -0.15) is 0 Å². The van der Waals surface area contributed by atoms with E-state index in [1.54, 1.807) is 12.1 Å². The van der Waals surface area contributed by atoms with Gasteiger partial charge in [-0.05, 0) is 62.6 Å². The van der Waals surface area contributed by atoms with Crippen LogP contribution in [0, 0.1) is 11.8 Å². The summed E-state index contributed by atoms with van der Waals surface area (Å²) in [6, 6.07) is 5.92. The van der Waals surface area contributed by atoms with Gasteiger partial charge in [0, 0.05) is 18.2 Å². The number of carbonyl (C=O) groups excluding carboxylic acids is 1. The van der Waals surface area contributed by atoms with Gasteiger partial charge in [-0.25, -0.2) is 13.1 Å². The van der Waals surface area contributed by atoms with Gasteiger partial charge in [-0.1, -0.05) is 6.07 Å². The van der Waals surface area contributed by atoms with E-state index in [0.717, 1.165) is 12.8 Å². The average Bonchev–Trinajstić information content (AvgIpc) is 3.45. The van der Waals surface area contributed by atoms with E-state index in [2.05, 4.69) is 10.0 Å². The third-order valence-electron chi connectivity index (χ3n) is 5.08. The molecule has 7 nitrogen and oxygen atoms in total. The van der Waals surface area contributed by atoms with E-state index < -0.39 is 16.0 Å². The van der Waals surface area contributed by atoms with Crippen LogP contribution < -0.4 is 10.0 Å². The molecule has 142 valence electrons. The van der Waals surface area contributed by atoms with Crippen LogP contribution in [0.1, 0.15) is 48.9 Å². The summed E-state index contributed by atoms with van der Waals surface area (Å²) in [5.41, 5.74) is 0.291. The number of sulfonamides is 1. The lowest BCUT2D eigenvalue weighted by atomic mass is 9.86. The molecule has 0 saturated heterocycles. The van der Waals surface area contributed by atoms with Crippen molar-refractivity contribution in [2.75, 3.05) is 6.54 Å². The van der Waals surface area contributed by atoms with Crippen molar-refractivity contribution >= 4 is 21.9 Å². The summed E-state index contributed by atoms with van der Waals surface area (Å²) in [7, 11) is -3.62. The quantitative estimate of drug-likeness (QED) is 0.667. The van der Waals surface area contributed by atoms with E-state index in [4.69, 9.17) is 5.11 Å². The lowest BCUT2D eigenvalue weighted by Crippen LogP contribution is -2.38. The number of amides is 1. The number of nitrogens with one attached hydrogen (secondary N) is 2. The highest BCUT2D eigenvalue weighted by Crippen LogP contribution is 2.28. The smallest absolute Gasteiger partial charge is 0.306 e. The van der Waals surface area contributed by atoms with Gasteiger partial charge < -0.3 is 10.4 Å². The van der Waals surface area contributed by atoms with Crippen LogP contribution in [0.4, 0.5) is 0 Å². The second kappa shape index (κ2) is 7.75. The Bertz CT molecular complexity index is 781. The minimum absolute atomic E-state index is 0.0774. The van der Waals surface area contributed by atoms with Crippen LogP contribution in [0.3, 0.4) is 0 Å².